The SMILES string of the molecule is CCC/C1=C/C=N\C(F)=C\CC1C. The molecule has 1 unspecified atom stereocenters. The Labute approximate surface area is 79.1 Å². The maximum absolute atomic E-state index is 12.7. The Morgan fingerprint density at radius 2 is 2.38 bits per heavy atom. The molecule has 2 heteroatoms. The van der Waals surface area contributed by atoms with Crippen molar-refractivity contribution in [2.75, 3.05) is 0 Å². The van der Waals surface area contributed by atoms with Crippen molar-refractivity contribution in [1.29, 1.82) is 0 Å². The fourth-order valence-corrected chi connectivity index (χ4v) is 1.46. The normalized spacial score (nSPS) is 33.6. The van der Waals surface area contributed by atoms with Crippen LogP contribution < -0.4 is 0 Å². The van der Waals surface area contributed by atoms with Crippen molar-refractivity contribution in [2.45, 2.75) is 33.1 Å². The van der Waals surface area contributed by atoms with Crippen LogP contribution in [0.25, 0.3) is 0 Å². The molecule has 1 atom stereocenters. The van der Waals surface area contributed by atoms with Crippen molar-refractivity contribution in [3.05, 3.63) is 23.7 Å². The molecular weight excluding hydrogens is 165 g/mol. The molecule has 13 heavy (non-hydrogen) atoms. The summed E-state index contributed by atoms with van der Waals surface area (Å²) in [6.07, 6.45) is 8.05. The van der Waals surface area contributed by atoms with E-state index in [-0.39, 0.29) is 5.95 Å². The average Bonchev–Trinajstić information content (AvgIpc) is 2.11. The minimum absolute atomic E-state index is 0.362. The first-order chi connectivity index (χ1) is 6.24. The number of rotatable bonds is 2. The van der Waals surface area contributed by atoms with E-state index in [0.29, 0.717) is 5.92 Å². The summed E-state index contributed by atoms with van der Waals surface area (Å²) in [6, 6.07) is 0. The fraction of sp³-hybridized carbons (Fsp3) is 0.545. The number of halogens is 1. The summed E-state index contributed by atoms with van der Waals surface area (Å²) in [5, 5.41) is 0. The van der Waals surface area contributed by atoms with Gasteiger partial charge in [0.15, 0.2) is 0 Å². The summed E-state index contributed by atoms with van der Waals surface area (Å²) in [7, 11) is 0. The summed E-state index contributed by atoms with van der Waals surface area (Å²) in [5.74, 6) is 0.0797. The lowest BCUT2D eigenvalue weighted by Gasteiger charge is -2.13. The molecule has 0 aromatic heterocycles. The molecule has 0 radical (unpaired) electrons. The molecule has 0 aromatic carbocycles. The number of hydrogen-bond acceptors (Lipinski definition) is 1. The molecule has 0 aromatic rings. The molecule has 0 saturated carbocycles. The number of hydrogen-bond donors (Lipinski definition) is 0. The van der Waals surface area contributed by atoms with E-state index in [2.05, 4.69) is 18.8 Å². The molecule has 0 aliphatic carbocycles. The zero-order valence-electron chi connectivity index (χ0n) is 8.26. The first kappa shape index (κ1) is 10.2. The fourth-order valence-electron chi connectivity index (χ4n) is 1.46. The quantitative estimate of drug-likeness (QED) is 0.577. The Bertz CT molecular complexity index is 251. The molecule has 72 valence electrons. The largest absolute Gasteiger partial charge is 0.229 e. The smallest absolute Gasteiger partial charge is 0.208 e. The third kappa shape index (κ3) is 3.13. The van der Waals surface area contributed by atoms with E-state index in [9.17, 15) is 4.39 Å². The van der Waals surface area contributed by atoms with Crippen molar-refractivity contribution < 1.29 is 4.39 Å². The van der Waals surface area contributed by atoms with E-state index < -0.39 is 0 Å². The molecule has 1 nitrogen and oxygen atoms in total. The maximum atomic E-state index is 12.7. The highest BCUT2D eigenvalue weighted by atomic mass is 19.1. The Morgan fingerprint density at radius 3 is 3.08 bits per heavy atom. The first-order valence-electron chi connectivity index (χ1n) is 4.82. The zero-order chi connectivity index (χ0) is 9.68. The van der Waals surface area contributed by atoms with Gasteiger partial charge in [0.2, 0.25) is 5.95 Å². The van der Waals surface area contributed by atoms with Crippen molar-refractivity contribution in [1.82, 2.24) is 0 Å². The second-order valence-corrected chi connectivity index (χ2v) is 3.43. The topological polar surface area (TPSA) is 12.4 Å². The molecule has 0 bridgehead atoms. The standard InChI is InChI=1S/C11H16FN/c1-3-4-10-7-8-13-11(12)6-5-9(10)2/h6-9H,3-5H2,1-2H3/b10-7-,11-6+,13-8-. The molecule has 0 fully saturated rings. The molecule has 0 saturated heterocycles. The van der Waals surface area contributed by atoms with Gasteiger partial charge >= 0.3 is 0 Å². The van der Waals surface area contributed by atoms with Gasteiger partial charge in [-0.2, -0.15) is 4.39 Å². The molecule has 1 rings (SSSR count). The van der Waals surface area contributed by atoms with Gasteiger partial charge in [-0.25, -0.2) is 4.99 Å². The molecule has 0 amide bonds. The third-order valence-electron chi connectivity index (χ3n) is 2.30. The highest BCUT2D eigenvalue weighted by Crippen LogP contribution is 2.22. The van der Waals surface area contributed by atoms with E-state index in [1.54, 1.807) is 12.3 Å². The number of allylic oxidation sites excluding steroid dienone is 3. The van der Waals surface area contributed by atoms with Gasteiger partial charge in [0.05, 0.1) is 0 Å². The van der Waals surface area contributed by atoms with E-state index in [0.717, 1.165) is 19.3 Å². The van der Waals surface area contributed by atoms with Crippen LogP contribution in [0.15, 0.2) is 28.7 Å². The van der Waals surface area contributed by atoms with E-state index >= 15 is 0 Å². The van der Waals surface area contributed by atoms with Gasteiger partial charge in [-0.1, -0.05) is 25.8 Å². The number of aliphatic imine (C=N–C) groups is 1. The summed E-state index contributed by atoms with van der Waals surface area (Å²) in [4.78, 5) is 3.64. The Morgan fingerprint density at radius 1 is 1.62 bits per heavy atom. The lowest BCUT2D eigenvalue weighted by Crippen LogP contribution is -2.00. The molecule has 0 N–H and O–H groups in total. The lowest BCUT2D eigenvalue weighted by atomic mass is 9.93. The Kier molecular flexibility index (Phi) is 3.87. The Hall–Kier alpha value is -0.920. The zero-order valence-corrected chi connectivity index (χ0v) is 8.26. The summed E-state index contributed by atoms with van der Waals surface area (Å²) < 4.78 is 12.7. The van der Waals surface area contributed by atoms with Gasteiger partial charge in [-0.05, 0) is 30.9 Å². The van der Waals surface area contributed by atoms with Crippen LogP contribution in [-0.4, -0.2) is 6.21 Å². The molecule has 0 spiro atoms. The molecular formula is C11H16FN. The van der Waals surface area contributed by atoms with Crippen LogP contribution in [0.2, 0.25) is 0 Å². The molecule has 1 aliphatic rings. The maximum Gasteiger partial charge on any atom is 0.208 e. The minimum atomic E-state index is -0.362. The van der Waals surface area contributed by atoms with E-state index in [1.165, 1.54) is 5.57 Å². The van der Waals surface area contributed by atoms with Gasteiger partial charge in [0, 0.05) is 6.21 Å². The van der Waals surface area contributed by atoms with Crippen molar-refractivity contribution >= 4 is 6.21 Å². The van der Waals surface area contributed by atoms with Gasteiger partial charge in [-0.15, -0.1) is 0 Å². The Balaban J connectivity index is 2.74. The van der Waals surface area contributed by atoms with Gasteiger partial charge in [-0.3, -0.25) is 0 Å². The molecule has 1 aliphatic heterocycles. The first-order valence-corrected chi connectivity index (χ1v) is 4.82. The van der Waals surface area contributed by atoms with Crippen molar-refractivity contribution in [3.63, 3.8) is 0 Å². The summed E-state index contributed by atoms with van der Waals surface area (Å²) in [5.41, 5.74) is 1.37. The summed E-state index contributed by atoms with van der Waals surface area (Å²) >= 11 is 0. The average molecular weight is 181 g/mol. The highest BCUT2D eigenvalue weighted by Gasteiger charge is 2.08. The third-order valence-corrected chi connectivity index (χ3v) is 2.30. The number of nitrogens with zero attached hydrogens (tertiary/aromatic N) is 1. The van der Waals surface area contributed by atoms with Crippen LogP contribution in [0.4, 0.5) is 4.39 Å². The van der Waals surface area contributed by atoms with Crippen LogP contribution in [0, 0.1) is 5.92 Å². The van der Waals surface area contributed by atoms with Gasteiger partial charge in [0.25, 0.3) is 0 Å². The van der Waals surface area contributed by atoms with Crippen LogP contribution in [-0.2, 0) is 0 Å². The monoisotopic (exact) mass is 181 g/mol. The lowest BCUT2D eigenvalue weighted by molar-refractivity contribution is 0.594. The van der Waals surface area contributed by atoms with Gasteiger partial charge < -0.3 is 0 Å². The predicted molar refractivity (Wildman–Crippen MR) is 54.5 cm³/mol. The highest BCUT2D eigenvalue weighted by molar-refractivity contribution is 5.73. The van der Waals surface area contributed by atoms with Crippen LogP contribution in [0.5, 0.6) is 0 Å². The second kappa shape index (κ2) is 4.95. The van der Waals surface area contributed by atoms with Crippen LogP contribution in [0.1, 0.15) is 33.1 Å². The second-order valence-electron chi connectivity index (χ2n) is 3.43. The van der Waals surface area contributed by atoms with Gasteiger partial charge in [0.1, 0.15) is 0 Å². The van der Waals surface area contributed by atoms with Crippen LogP contribution in [0.3, 0.4) is 0 Å². The van der Waals surface area contributed by atoms with E-state index in [1.807, 2.05) is 6.08 Å². The minimum Gasteiger partial charge on any atom is -0.229 e. The molecule has 1 heterocycles. The predicted octanol–water partition coefficient (Wildman–Crippen LogP) is 3.63. The van der Waals surface area contributed by atoms with Crippen molar-refractivity contribution in [2.24, 2.45) is 10.9 Å². The summed E-state index contributed by atoms with van der Waals surface area (Å²) in [6.45, 7) is 4.28. The van der Waals surface area contributed by atoms with E-state index in [4.69, 9.17) is 0 Å². The van der Waals surface area contributed by atoms with Crippen molar-refractivity contribution in [3.8, 4) is 0 Å². The van der Waals surface area contributed by atoms with Crippen LogP contribution >= 0.6 is 0 Å².